The molecule has 2 aromatic carbocycles. The molecule has 0 spiro atoms. The van der Waals surface area contributed by atoms with E-state index < -0.39 is 0 Å². The number of nitrogens with zero attached hydrogens (tertiary/aromatic N) is 4. The van der Waals surface area contributed by atoms with Gasteiger partial charge in [-0.15, -0.1) is 0 Å². The van der Waals surface area contributed by atoms with Gasteiger partial charge in [0.2, 0.25) is 0 Å². The zero-order valence-electron chi connectivity index (χ0n) is 16.7. The number of H-pyrrole nitrogens is 1. The summed E-state index contributed by atoms with van der Waals surface area (Å²) in [5.41, 5.74) is 10.9. The number of fused-ring (bicyclic) bond motifs is 3. The zero-order chi connectivity index (χ0) is 20.5. The molecule has 5 aromatic rings. The van der Waals surface area contributed by atoms with E-state index in [4.69, 9.17) is 10.5 Å². The number of nitrogens with one attached hydrogen (secondary N) is 1. The maximum Gasteiger partial charge on any atom is 0.152 e. The number of aryl methyl sites for hydroxylation is 2. The van der Waals surface area contributed by atoms with Gasteiger partial charge < -0.3 is 10.5 Å². The fourth-order valence-corrected chi connectivity index (χ4v) is 3.66. The van der Waals surface area contributed by atoms with Gasteiger partial charge in [0.05, 0.1) is 17.8 Å². The first-order valence-electron chi connectivity index (χ1n) is 9.93. The van der Waals surface area contributed by atoms with Crippen LogP contribution in [-0.4, -0.2) is 31.6 Å². The van der Waals surface area contributed by atoms with Gasteiger partial charge in [0.1, 0.15) is 11.3 Å². The predicted molar refractivity (Wildman–Crippen MR) is 118 cm³/mol. The molecule has 0 aliphatic rings. The highest BCUT2D eigenvalue weighted by atomic mass is 16.5. The maximum absolute atomic E-state index is 6.22. The normalized spacial score (nSPS) is 11.4. The topological polar surface area (TPSA) is 94.6 Å². The van der Waals surface area contributed by atoms with Crippen molar-refractivity contribution in [1.82, 2.24) is 25.0 Å². The number of aromatic amines is 1. The van der Waals surface area contributed by atoms with Crippen LogP contribution in [0.3, 0.4) is 0 Å². The minimum absolute atomic E-state index is 0.439. The van der Waals surface area contributed by atoms with Gasteiger partial charge in [-0.2, -0.15) is 10.2 Å². The molecule has 0 fully saturated rings. The number of ether oxygens (including phenoxy) is 1. The van der Waals surface area contributed by atoms with Crippen LogP contribution in [0, 0.1) is 6.92 Å². The molecule has 0 unspecified atom stereocenters. The molecule has 7 nitrogen and oxygen atoms in total. The molecule has 3 aromatic heterocycles. The van der Waals surface area contributed by atoms with Crippen molar-refractivity contribution >= 4 is 27.6 Å². The molecule has 0 aliphatic carbocycles. The number of rotatable bonds is 6. The second-order valence-electron chi connectivity index (χ2n) is 7.37. The third kappa shape index (κ3) is 3.45. The van der Waals surface area contributed by atoms with Crippen LogP contribution in [-0.2, 0) is 6.54 Å². The van der Waals surface area contributed by atoms with E-state index >= 15 is 0 Å². The average Bonchev–Trinajstić information content (AvgIpc) is 3.42. The number of pyridine rings is 1. The van der Waals surface area contributed by atoms with E-state index in [2.05, 4.69) is 45.4 Å². The van der Waals surface area contributed by atoms with E-state index in [1.54, 1.807) is 6.20 Å². The van der Waals surface area contributed by atoms with Gasteiger partial charge in [0.25, 0.3) is 0 Å². The van der Waals surface area contributed by atoms with Crippen LogP contribution in [0.2, 0.25) is 0 Å². The molecule has 0 bridgehead atoms. The van der Waals surface area contributed by atoms with Crippen molar-refractivity contribution in [2.24, 2.45) is 0 Å². The number of aromatic nitrogens is 5. The third-order valence-corrected chi connectivity index (χ3v) is 5.13. The lowest BCUT2D eigenvalue weighted by Gasteiger charge is -2.06. The fraction of sp³-hybridized carbons (Fsp3) is 0.174. The van der Waals surface area contributed by atoms with E-state index in [1.807, 2.05) is 41.2 Å². The number of benzene rings is 2. The lowest BCUT2D eigenvalue weighted by atomic mass is 10.1. The minimum atomic E-state index is 0.439. The van der Waals surface area contributed by atoms with Crippen LogP contribution >= 0.6 is 0 Å². The molecule has 30 heavy (non-hydrogen) atoms. The Morgan fingerprint density at radius 3 is 2.87 bits per heavy atom. The molecule has 0 radical (unpaired) electrons. The number of anilines is 1. The fourth-order valence-electron chi connectivity index (χ4n) is 3.66. The average molecular weight is 398 g/mol. The van der Waals surface area contributed by atoms with Gasteiger partial charge >= 0.3 is 0 Å². The van der Waals surface area contributed by atoms with Gasteiger partial charge in [-0.25, -0.2) is 4.98 Å². The van der Waals surface area contributed by atoms with Crippen molar-refractivity contribution in [1.29, 1.82) is 0 Å². The Morgan fingerprint density at radius 2 is 2.03 bits per heavy atom. The highest BCUT2D eigenvalue weighted by Gasteiger charge is 2.12. The molecule has 5 rings (SSSR count). The first-order valence-corrected chi connectivity index (χ1v) is 9.93. The summed E-state index contributed by atoms with van der Waals surface area (Å²) in [6.45, 7) is 3.43. The van der Waals surface area contributed by atoms with E-state index in [0.717, 1.165) is 51.8 Å². The van der Waals surface area contributed by atoms with Crippen LogP contribution < -0.4 is 10.5 Å². The number of hydrogen-bond acceptors (Lipinski definition) is 5. The van der Waals surface area contributed by atoms with Gasteiger partial charge in [-0.05, 0) is 36.8 Å². The quantitative estimate of drug-likeness (QED) is 0.415. The largest absolute Gasteiger partial charge is 0.494 e. The van der Waals surface area contributed by atoms with Crippen LogP contribution in [0.5, 0.6) is 5.75 Å². The number of nitrogen functional groups attached to an aromatic ring is 1. The second-order valence-corrected chi connectivity index (χ2v) is 7.37. The Morgan fingerprint density at radius 1 is 1.10 bits per heavy atom. The maximum atomic E-state index is 6.22. The minimum Gasteiger partial charge on any atom is -0.494 e. The lowest BCUT2D eigenvalue weighted by Crippen LogP contribution is -2.05. The standard InChI is InChI=1S/C23H22N6O/c1-15-4-2-5-17(12-15)30-11-3-10-29-14-19-18-7-6-16(20-8-9-25-27-20)13-21(18)26-23(24)22(19)28-29/h2,4-9,12-14H,3,10-11H2,1H3,(H2,24,26)(H,25,27). The third-order valence-electron chi connectivity index (χ3n) is 5.13. The van der Waals surface area contributed by atoms with Crippen molar-refractivity contribution in [3.8, 4) is 17.0 Å². The Bertz CT molecular complexity index is 1320. The van der Waals surface area contributed by atoms with Crippen LogP contribution in [0.15, 0.2) is 60.9 Å². The van der Waals surface area contributed by atoms with Gasteiger partial charge in [-0.3, -0.25) is 9.78 Å². The Labute approximate surface area is 173 Å². The Balaban J connectivity index is 1.36. The summed E-state index contributed by atoms with van der Waals surface area (Å²) in [4.78, 5) is 4.57. The summed E-state index contributed by atoms with van der Waals surface area (Å²) < 4.78 is 7.76. The first-order chi connectivity index (χ1) is 14.7. The van der Waals surface area contributed by atoms with Crippen LogP contribution in [0.1, 0.15) is 12.0 Å². The van der Waals surface area contributed by atoms with Gasteiger partial charge in [-0.1, -0.05) is 24.3 Å². The van der Waals surface area contributed by atoms with Gasteiger partial charge in [0.15, 0.2) is 5.82 Å². The summed E-state index contributed by atoms with van der Waals surface area (Å²) in [5.74, 6) is 1.34. The molecule has 0 amide bonds. The summed E-state index contributed by atoms with van der Waals surface area (Å²) >= 11 is 0. The van der Waals surface area contributed by atoms with E-state index in [9.17, 15) is 0 Å². The first kappa shape index (κ1) is 18.2. The van der Waals surface area contributed by atoms with Crippen molar-refractivity contribution in [3.63, 3.8) is 0 Å². The van der Waals surface area contributed by atoms with E-state index in [-0.39, 0.29) is 0 Å². The van der Waals surface area contributed by atoms with Crippen molar-refractivity contribution in [2.45, 2.75) is 19.9 Å². The zero-order valence-corrected chi connectivity index (χ0v) is 16.7. The van der Waals surface area contributed by atoms with Crippen LogP contribution in [0.25, 0.3) is 33.1 Å². The number of nitrogens with two attached hydrogens (primary N) is 1. The second kappa shape index (κ2) is 7.51. The molecule has 0 saturated heterocycles. The summed E-state index contributed by atoms with van der Waals surface area (Å²) in [5, 5.41) is 13.7. The summed E-state index contributed by atoms with van der Waals surface area (Å²) in [6, 6.07) is 16.1. The molecule has 150 valence electrons. The van der Waals surface area contributed by atoms with Crippen molar-refractivity contribution in [2.75, 3.05) is 12.3 Å². The highest BCUT2D eigenvalue weighted by molar-refractivity contribution is 6.08. The molecule has 0 saturated carbocycles. The van der Waals surface area contributed by atoms with Crippen LogP contribution in [0.4, 0.5) is 5.82 Å². The SMILES string of the molecule is Cc1cccc(OCCCn2cc3c(n2)c(N)nc2cc(-c4ccn[nH]4)ccc23)c1. The Hall–Kier alpha value is -3.87. The monoisotopic (exact) mass is 398 g/mol. The summed E-state index contributed by atoms with van der Waals surface area (Å²) in [6.07, 6.45) is 4.62. The van der Waals surface area contributed by atoms with Crippen molar-refractivity contribution in [3.05, 3.63) is 66.5 Å². The van der Waals surface area contributed by atoms with E-state index in [0.29, 0.717) is 12.4 Å². The number of hydrogen-bond donors (Lipinski definition) is 2. The molecular weight excluding hydrogens is 376 g/mol. The highest BCUT2D eigenvalue weighted by Crippen LogP contribution is 2.30. The molecular formula is C23H22N6O. The smallest absolute Gasteiger partial charge is 0.152 e. The molecule has 0 atom stereocenters. The van der Waals surface area contributed by atoms with Crippen molar-refractivity contribution < 1.29 is 4.74 Å². The molecule has 3 heterocycles. The molecule has 3 N–H and O–H groups in total. The predicted octanol–water partition coefficient (Wildman–Crippen LogP) is 4.33. The van der Waals surface area contributed by atoms with E-state index in [1.165, 1.54) is 5.56 Å². The summed E-state index contributed by atoms with van der Waals surface area (Å²) in [7, 11) is 0. The molecule has 7 heteroatoms. The molecule has 0 aliphatic heterocycles. The van der Waals surface area contributed by atoms with Gasteiger partial charge in [0, 0.05) is 41.7 Å². The lowest BCUT2D eigenvalue weighted by molar-refractivity contribution is 0.298. The Kier molecular flexibility index (Phi) is 4.55.